The van der Waals surface area contributed by atoms with Crippen LogP contribution < -0.4 is 10.1 Å². The summed E-state index contributed by atoms with van der Waals surface area (Å²) in [6, 6.07) is 7.40. The number of nitrogens with one attached hydrogen (secondary N) is 1. The largest absolute Gasteiger partial charge is 0.489 e. The molecule has 1 unspecified atom stereocenters. The van der Waals surface area contributed by atoms with Crippen molar-refractivity contribution in [3.05, 3.63) is 28.7 Å². The minimum absolute atomic E-state index is 0.0141. The van der Waals surface area contributed by atoms with Crippen LogP contribution in [0.2, 0.25) is 0 Å². The Hall–Kier alpha value is -1.07. The number of benzene rings is 1. The maximum absolute atomic E-state index is 11.3. The zero-order valence-corrected chi connectivity index (χ0v) is 11.1. The third-order valence-corrected chi connectivity index (χ3v) is 3.22. The predicted octanol–water partition coefficient (Wildman–Crippen LogP) is 1.73. The van der Waals surface area contributed by atoms with E-state index in [1.165, 1.54) is 7.11 Å². The number of rotatable bonds is 3. The number of esters is 1. The number of hydrogen-bond acceptors (Lipinski definition) is 4. The van der Waals surface area contributed by atoms with Gasteiger partial charge in [-0.1, -0.05) is 15.9 Å². The average molecular weight is 300 g/mol. The Morgan fingerprint density at radius 3 is 2.76 bits per heavy atom. The van der Waals surface area contributed by atoms with Crippen molar-refractivity contribution in [2.45, 2.75) is 18.6 Å². The lowest BCUT2D eigenvalue weighted by atomic mass is 10.2. The van der Waals surface area contributed by atoms with Gasteiger partial charge in [0.1, 0.15) is 17.9 Å². The molecule has 0 bridgehead atoms. The molecule has 0 spiro atoms. The predicted molar refractivity (Wildman–Crippen MR) is 67.0 cm³/mol. The van der Waals surface area contributed by atoms with Gasteiger partial charge in [0.25, 0.3) is 0 Å². The SMILES string of the molecule is COC(=O)[C@@H]1CC(Oc2ccc(Br)cc2)CN1. The molecule has 0 aliphatic carbocycles. The first-order chi connectivity index (χ1) is 8.19. The Kier molecular flexibility index (Phi) is 4.02. The second-order valence-corrected chi connectivity index (χ2v) is 4.83. The van der Waals surface area contributed by atoms with Crippen LogP contribution in [-0.2, 0) is 9.53 Å². The summed E-state index contributed by atoms with van der Waals surface area (Å²) in [7, 11) is 1.40. The fourth-order valence-corrected chi connectivity index (χ4v) is 2.08. The van der Waals surface area contributed by atoms with Crippen LogP contribution >= 0.6 is 15.9 Å². The lowest BCUT2D eigenvalue weighted by molar-refractivity contribution is -0.142. The van der Waals surface area contributed by atoms with Gasteiger partial charge in [0, 0.05) is 17.4 Å². The van der Waals surface area contributed by atoms with E-state index in [-0.39, 0.29) is 18.1 Å². The third kappa shape index (κ3) is 3.20. The number of ether oxygens (including phenoxy) is 2. The third-order valence-electron chi connectivity index (χ3n) is 2.69. The van der Waals surface area contributed by atoms with Gasteiger partial charge in [-0.25, -0.2) is 0 Å². The van der Waals surface area contributed by atoms with Gasteiger partial charge in [0.2, 0.25) is 0 Å². The maximum Gasteiger partial charge on any atom is 0.323 e. The van der Waals surface area contributed by atoms with Crippen molar-refractivity contribution in [1.29, 1.82) is 0 Å². The van der Waals surface area contributed by atoms with Gasteiger partial charge in [-0.05, 0) is 24.3 Å². The molecule has 0 aromatic heterocycles. The van der Waals surface area contributed by atoms with Crippen LogP contribution in [0.15, 0.2) is 28.7 Å². The monoisotopic (exact) mass is 299 g/mol. The van der Waals surface area contributed by atoms with E-state index in [1.807, 2.05) is 24.3 Å². The van der Waals surface area contributed by atoms with E-state index in [4.69, 9.17) is 4.74 Å². The van der Waals surface area contributed by atoms with Crippen LogP contribution in [-0.4, -0.2) is 31.8 Å². The summed E-state index contributed by atoms with van der Waals surface area (Å²) in [5, 5.41) is 3.08. The lowest BCUT2D eigenvalue weighted by Crippen LogP contribution is -2.31. The number of carbonyl (C=O) groups excluding carboxylic acids is 1. The quantitative estimate of drug-likeness (QED) is 0.864. The van der Waals surface area contributed by atoms with Crippen molar-refractivity contribution in [3.63, 3.8) is 0 Å². The second kappa shape index (κ2) is 5.51. The van der Waals surface area contributed by atoms with Crippen molar-refractivity contribution >= 4 is 21.9 Å². The molecule has 1 fully saturated rings. The Labute approximate surface area is 108 Å². The smallest absolute Gasteiger partial charge is 0.323 e. The number of hydrogen-bond donors (Lipinski definition) is 1. The second-order valence-electron chi connectivity index (χ2n) is 3.91. The lowest BCUT2D eigenvalue weighted by Gasteiger charge is -2.12. The van der Waals surface area contributed by atoms with Gasteiger partial charge < -0.3 is 14.8 Å². The first-order valence-electron chi connectivity index (χ1n) is 5.42. The van der Waals surface area contributed by atoms with Crippen molar-refractivity contribution in [2.24, 2.45) is 0 Å². The molecule has 5 heteroatoms. The maximum atomic E-state index is 11.3. The molecule has 1 aromatic rings. The fourth-order valence-electron chi connectivity index (χ4n) is 1.82. The molecule has 92 valence electrons. The zero-order valence-electron chi connectivity index (χ0n) is 9.48. The minimum Gasteiger partial charge on any atom is -0.489 e. The highest BCUT2D eigenvalue weighted by molar-refractivity contribution is 9.10. The molecule has 1 N–H and O–H groups in total. The van der Waals surface area contributed by atoms with Crippen LogP contribution in [0, 0.1) is 0 Å². The summed E-state index contributed by atoms with van der Waals surface area (Å²) in [5.74, 6) is 0.581. The molecule has 1 aliphatic heterocycles. The highest BCUT2D eigenvalue weighted by atomic mass is 79.9. The summed E-state index contributed by atoms with van der Waals surface area (Å²) < 4.78 is 11.5. The van der Waals surface area contributed by atoms with Crippen LogP contribution in [0.5, 0.6) is 5.75 Å². The van der Waals surface area contributed by atoms with Crippen LogP contribution in [0.25, 0.3) is 0 Å². The molecule has 2 atom stereocenters. The molecule has 1 aliphatic rings. The number of halogens is 1. The first-order valence-corrected chi connectivity index (χ1v) is 6.22. The van der Waals surface area contributed by atoms with E-state index in [9.17, 15) is 4.79 Å². The highest BCUT2D eigenvalue weighted by Gasteiger charge is 2.31. The topological polar surface area (TPSA) is 47.6 Å². The molecule has 4 nitrogen and oxygen atoms in total. The molecule has 1 aromatic carbocycles. The van der Waals surface area contributed by atoms with Gasteiger partial charge >= 0.3 is 5.97 Å². The van der Waals surface area contributed by atoms with E-state index < -0.39 is 0 Å². The molecule has 17 heavy (non-hydrogen) atoms. The van der Waals surface area contributed by atoms with Crippen LogP contribution in [0.4, 0.5) is 0 Å². The van der Waals surface area contributed by atoms with Gasteiger partial charge in [-0.3, -0.25) is 4.79 Å². The summed E-state index contributed by atoms with van der Waals surface area (Å²) >= 11 is 3.37. The Morgan fingerprint density at radius 2 is 2.12 bits per heavy atom. The van der Waals surface area contributed by atoms with Gasteiger partial charge in [-0.15, -0.1) is 0 Å². The standard InChI is InChI=1S/C12H14BrNO3/c1-16-12(15)11-6-10(7-14-11)17-9-4-2-8(13)3-5-9/h2-5,10-11,14H,6-7H2,1H3/t10?,11-/m0/s1. The molecule has 0 saturated carbocycles. The van der Waals surface area contributed by atoms with Crippen LogP contribution in [0.1, 0.15) is 6.42 Å². The minimum atomic E-state index is -0.250. The Bertz CT molecular complexity index is 393. The number of carbonyl (C=O) groups is 1. The summed E-state index contributed by atoms with van der Waals surface area (Å²) in [6.45, 7) is 0.663. The van der Waals surface area contributed by atoms with Crippen molar-refractivity contribution in [3.8, 4) is 5.75 Å². The molecule has 1 heterocycles. The van der Waals surface area contributed by atoms with Gasteiger partial charge in [-0.2, -0.15) is 0 Å². The molecular weight excluding hydrogens is 286 g/mol. The van der Waals surface area contributed by atoms with Crippen molar-refractivity contribution in [1.82, 2.24) is 5.32 Å². The van der Waals surface area contributed by atoms with Crippen LogP contribution in [0.3, 0.4) is 0 Å². The molecule has 0 amide bonds. The van der Waals surface area contributed by atoms with E-state index in [0.29, 0.717) is 13.0 Å². The van der Waals surface area contributed by atoms with E-state index in [2.05, 4.69) is 26.0 Å². The Balaban J connectivity index is 1.89. The normalized spacial score (nSPS) is 23.4. The molecule has 2 rings (SSSR count). The fraction of sp³-hybridized carbons (Fsp3) is 0.417. The number of methoxy groups -OCH3 is 1. The highest BCUT2D eigenvalue weighted by Crippen LogP contribution is 2.20. The van der Waals surface area contributed by atoms with E-state index in [1.54, 1.807) is 0 Å². The molecular formula is C12H14BrNO3. The molecule has 0 radical (unpaired) electrons. The summed E-state index contributed by atoms with van der Waals surface area (Å²) in [5.41, 5.74) is 0. The first kappa shape index (κ1) is 12.4. The zero-order chi connectivity index (χ0) is 12.3. The van der Waals surface area contributed by atoms with Gasteiger partial charge in [0.15, 0.2) is 0 Å². The summed E-state index contributed by atoms with van der Waals surface area (Å²) in [4.78, 5) is 11.3. The van der Waals surface area contributed by atoms with E-state index in [0.717, 1.165) is 10.2 Å². The van der Waals surface area contributed by atoms with Crippen molar-refractivity contribution < 1.29 is 14.3 Å². The van der Waals surface area contributed by atoms with E-state index >= 15 is 0 Å². The Morgan fingerprint density at radius 1 is 1.41 bits per heavy atom. The summed E-state index contributed by atoms with van der Waals surface area (Å²) in [6.07, 6.45) is 0.656. The van der Waals surface area contributed by atoms with Crippen molar-refractivity contribution in [2.75, 3.05) is 13.7 Å². The molecule has 1 saturated heterocycles. The van der Waals surface area contributed by atoms with Gasteiger partial charge in [0.05, 0.1) is 7.11 Å². The average Bonchev–Trinajstić information content (AvgIpc) is 2.80.